The number of halogens is 3. The fourth-order valence-corrected chi connectivity index (χ4v) is 1.75. The number of piperidine rings is 1. The molecule has 1 nitrogen and oxygen atoms in total. The predicted octanol–water partition coefficient (Wildman–Crippen LogP) is 2.10. The van der Waals surface area contributed by atoms with E-state index in [9.17, 15) is 12.9 Å². The molecule has 0 aromatic rings. The van der Waals surface area contributed by atoms with E-state index in [1.54, 1.807) is 0 Å². The number of likely N-dealkylation sites (tertiary alicyclic amines) is 1. The number of rotatable bonds is 2. The minimum absolute atomic E-state index is 0.428. The van der Waals surface area contributed by atoms with Gasteiger partial charge in [0.1, 0.15) is 0 Å². The molecule has 0 amide bonds. The van der Waals surface area contributed by atoms with Gasteiger partial charge in [-0.1, -0.05) is 6.92 Å². The second-order valence-electron chi connectivity index (χ2n) is 3.72. The fourth-order valence-electron chi connectivity index (χ4n) is 1.75. The maximum atomic E-state index is 12.0. The van der Waals surface area contributed by atoms with Gasteiger partial charge in [0.15, 0.2) is 0 Å². The lowest BCUT2D eigenvalue weighted by Gasteiger charge is -2.34. The van der Waals surface area contributed by atoms with Crippen molar-refractivity contribution in [3.63, 3.8) is 0 Å². The minimum atomic E-state index is -4.62. The van der Waals surface area contributed by atoms with E-state index >= 15 is 0 Å². The molecule has 1 atom stereocenters. The molecule has 1 saturated heterocycles. The lowest BCUT2D eigenvalue weighted by atomic mass is 9.88. The van der Waals surface area contributed by atoms with Gasteiger partial charge in [-0.2, -0.15) is 0 Å². The molecule has 0 spiro atoms. The molecule has 5 heteroatoms. The summed E-state index contributed by atoms with van der Waals surface area (Å²) in [5.74, 6) is 0.428. The molecule has 72 valence electrons. The minimum Gasteiger partial charge on any atom is -0.448 e. The highest BCUT2D eigenvalue weighted by molar-refractivity contribution is 6.58. The van der Waals surface area contributed by atoms with Crippen molar-refractivity contribution >= 4 is 6.98 Å². The third-order valence-corrected chi connectivity index (χ3v) is 2.21. The SMILES string of the molecule is CC1CCCN(C[B-](F)(F)F)C1. The summed E-state index contributed by atoms with van der Waals surface area (Å²) >= 11 is 0. The van der Waals surface area contributed by atoms with Gasteiger partial charge < -0.3 is 17.8 Å². The first kappa shape index (κ1) is 9.90. The average Bonchev–Trinajstić information content (AvgIpc) is 1.82. The molecule has 1 rings (SSSR count). The first-order valence-electron chi connectivity index (χ1n) is 4.41. The van der Waals surface area contributed by atoms with Gasteiger partial charge in [-0.05, 0) is 38.3 Å². The van der Waals surface area contributed by atoms with Gasteiger partial charge in [-0.25, -0.2) is 0 Å². The highest BCUT2D eigenvalue weighted by Gasteiger charge is 2.28. The fraction of sp³-hybridized carbons (Fsp3) is 1.00. The zero-order chi connectivity index (χ0) is 9.19. The van der Waals surface area contributed by atoms with Gasteiger partial charge in [0.2, 0.25) is 0 Å². The van der Waals surface area contributed by atoms with E-state index in [4.69, 9.17) is 0 Å². The molecule has 0 aromatic heterocycles. The van der Waals surface area contributed by atoms with Crippen LogP contribution >= 0.6 is 0 Å². The summed E-state index contributed by atoms with van der Waals surface area (Å²) in [5, 5.41) is 0. The Hall–Kier alpha value is -0.185. The first-order chi connectivity index (χ1) is 5.47. The van der Waals surface area contributed by atoms with Crippen molar-refractivity contribution in [3.05, 3.63) is 0 Å². The van der Waals surface area contributed by atoms with Crippen molar-refractivity contribution in [3.8, 4) is 0 Å². The largest absolute Gasteiger partial charge is 0.492 e. The van der Waals surface area contributed by atoms with Crippen molar-refractivity contribution < 1.29 is 12.9 Å². The van der Waals surface area contributed by atoms with E-state index in [1.807, 2.05) is 6.92 Å². The predicted molar refractivity (Wildman–Crippen MR) is 43.9 cm³/mol. The van der Waals surface area contributed by atoms with Crippen LogP contribution < -0.4 is 0 Å². The second kappa shape index (κ2) is 3.68. The third-order valence-electron chi connectivity index (χ3n) is 2.21. The van der Waals surface area contributed by atoms with E-state index in [-0.39, 0.29) is 0 Å². The smallest absolute Gasteiger partial charge is 0.448 e. The van der Waals surface area contributed by atoms with Gasteiger partial charge in [-0.3, -0.25) is 0 Å². The molecule has 0 aliphatic carbocycles. The third kappa shape index (κ3) is 3.47. The average molecular weight is 180 g/mol. The Balaban J connectivity index is 2.32. The normalized spacial score (nSPS) is 27.5. The van der Waals surface area contributed by atoms with Gasteiger partial charge in [0.25, 0.3) is 0 Å². The molecule has 0 bridgehead atoms. The van der Waals surface area contributed by atoms with Crippen LogP contribution in [0.1, 0.15) is 19.8 Å². The monoisotopic (exact) mass is 180 g/mol. The van der Waals surface area contributed by atoms with Gasteiger partial charge in [-0.15, -0.1) is 0 Å². The van der Waals surface area contributed by atoms with Crippen molar-refractivity contribution in [2.24, 2.45) is 5.92 Å². The maximum Gasteiger partial charge on any atom is 0.492 e. The summed E-state index contributed by atoms with van der Waals surface area (Å²) in [6.07, 6.45) is 1.30. The number of hydrogen-bond donors (Lipinski definition) is 0. The molecule has 1 heterocycles. The first-order valence-corrected chi connectivity index (χ1v) is 4.41. The number of hydrogen-bond acceptors (Lipinski definition) is 1. The van der Waals surface area contributed by atoms with Crippen LogP contribution in [0.15, 0.2) is 0 Å². The molecule has 1 fully saturated rings. The second-order valence-corrected chi connectivity index (χ2v) is 3.72. The van der Waals surface area contributed by atoms with Crippen LogP contribution in [0.4, 0.5) is 12.9 Å². The maximum absolute atomic E-state index is 12.0. The molecule has 0 radical (unpaired) electrons. The Labute approximate surface area is 71.0 Å². The summed E-state index contributed by atoms with van der Waals surface area (Å²) in [6.45, 7) is -1.39. The number of nitrogens with zero attached hydrogens (tertiary/aromatic N) is 1. The van der Waals surface area contributed by atoms with E-state index in [2.05, 4.69) is 0 Å². The zero-order valence-electron chi connectivity index (χ0n) is 7.27. The van der Waals surface area contributed by atoms with Crippen molar-refractivity contribution in [2.45, 2.75) is 19.8 Å². The summed E-state index contributed by atoms with van der Waals surface area (Å²) in [6, 6.07) is 0. The molecule has 0 aromatic carbocycles. The summed E-state index contributed by atoms with van der Waals surface area (Å²) < 4.78 is 36.0. The molecule has 0 saturated carbocycles. The Morgan fingerprint density at radius 2 is 2.08 bits per heavy atom. The highest BCUT2D eigenvalue weighted by atomic mass is 19.4. The molecule has 1 unspecified atom stereocenters. The summed E-state index contributed by atoms with van der Waals surface area (Å²) in [4.78, 5) is 1.52. The van der Waals surface area contributed by atoms with E-state index in [0.717, 1.165) is 12.8 Å². The van der Waals surface area contributed by atoms with Crippen LogP contribution in [-0.2, 0) is 0 Å². The van der Waals surface area contributed by atoms with E-state index in [1.165, 1.54) is 4.90 Å². The van der Waals surface area contributed by atoms with Gasteiger partial charge in [0.05, 0.1) is 0 Å². The van der Waals surface area contributed by atoms with Crippen LogP contribution in [0.3, 0.4) is 0 Å². The lowest BCUT2D eigenvalue weighted by molar-refractivity contribution is 0.192. The van der Waals surface area contributed by atoms with Crippen molar-refractivity contribution in [1.82, 2.24) is 4.90 Å². The molecular formula is C7H14BF3N-. The molecular weight excluding hydrogens is 166 g/mol. The zero-order valence-corrected chi connectivity index (χ0v) is 7.27. The van der Waals surface area contributed by atoms with Crippen molar-refractivity contribution in [1.29, 1.82) is 0 Å². The molecule has 0 N–H and O–H groups in total. The Morgan fingerprint density at radius 3 is 2.58 bits per heavy atom. The topological polar surface area (TPSA) is 3.24 Å². The molecule has 12 heavy (non-hydrogen) atoms. The van der Waals surface area contributed by atoms with Crippen LogP contribution in [0.2, 0.25) is 0 Å². The van der Waals surface area contributed by atoms with E-state index < -0.39 is 13.4 Å². The van der Waals surface area contributed by atoms with Crippen LogP contribution in [-0.4, -0.2) is 31.4 Å². The Bertz CT molecular complexity index is 148. The van der Waals surface area contributed by atoms with Crippen LogP contribution in [0, 0.1) is 5.92 Å². The standard InChI is InChI=1S/C7H14BF3N/c1-7-3-2-4-12(5-7)6-8(9,10)11/h7H,2-6H2,1H3/q-1. The Kier molecular flexibility index (Phi) is 3.04. The summed E-state index contributed by atoms with van der Waals surface area (Å²) in [5.41, 5.74) is 0. The highest BCUT2D eigenvalue weighted by Crippen LogP contribution is 2.18. The molecule has 1 aliphatic rings. The van der Waals surface area contributed by atoms with E-state index in [0.29, 0.717) is 19.0 Å². The van der Waals surface area contributed by atoms with Crippen LogP contribution in [0.5, 0.6) is 0 Å². The van der Waals surface area contributed by atoms with Crippen LogP contribution in [0.25, 0.3) is 0 Å². The quantitative estimate of drug-likeness (QED) is 0.588. The lowest BCUT2D eigenvalue weighted by Crippen LogP contribution is -2.43. The van der Waals surface area contributed by atoms with Gasteiger partial charge >= 0.3 is 6.98 Å². The summed E-state index contributed by atoms with van der Waals surface area (Å²) in [7, 11) is 0. The van der Waals surface area contributed by atoms with Crippen molar-refractivity contribution in [2.75, 3.05) is 19.5 Å². The molecule has 1 aliphatic heterocycles. The van der Waals surface area contributed by atoms with Gasteiger partial charge in [0, 0.05) is 0 Å². The Morgan fingerprint density at radius 1 is 1.42 bits per heavy atom.